The minimum atomic E-state index is -0.963. The van der Waals surface area contributed by atoms with Gasteiger partial charge < -0.3 is 30.6 Å². The van der Waals surface area contributed by atoms with E-state index in [1.165, 1.54) is 6.92 Å². The van der Waals surface area contributed by atoms with Crippen LogP contribution < -0.4 is 0 Å². The lowest BCUT2D eigenvalue weighted by Gasteiger charge is -2.05. The van der Waals surface area contributed by atoms with Crippen molar-refractivity contribution < 1.29 is 45.0 Å². The van der Waals surface area contributed by atoms with Gasteiger partial charge in [0.05, 0.1) is 37.6 Å². The standard InChI is InChI=1S/C8H16O3.C6H12O3.C4H8O3/c1-2-3-4-5-7(9)6-8(10)11;1-2-3-5(7)4-6(8)9;1-3(5)2-4(6)7/h7,9H,2-6H2,1H3,(H,10,11);5,7H,2-4H2,1H3,(H,8,9);3,5H,2H2,1H3,(H,6,7). The Kier molecular flexibility index (Phi) is 22.9. The Morgan fingerprint density at radius 2 is 1.07 bits per heavy atom. The number of hydrogen-bond acceptors (Lipinski definition) is 6. The molecular formula is C18H36O9. The highest BCUT2D eigenvalue weighted by atomic mass is 16.4. The summed E-state index contributed by atoms with van der Waals surface area (Å²) in [4.78, 5) is 29.7. The maximum Gasteiger partial charge on any atom is 0.305 e. The van der Waals surface area contributed by atoms with E-state index in [2.05, 4.69) is 6.92 Å². The second-order valence-electron chi connectivity index (χ2n) is 6.23. The molecule has 0 fully saturated rings. The van der Waals surface area contributed by atoms with Gasteiger partial charge >= 0.3 is 17.9 Å². The van der Waals surface area contributed by atoms with Crippen LogP contribution in [-0.2, 0) is 14.4 Å². The van der Waals surface area contributed by atoms with Crippen molar-refractivity contribution in [3.63, 3.8) is 0 Å². The van der Waals surface area contributed by atoms with Crippen LogP contribution in [0.3, 0.4) is 0 Å². The number of unbranched alkanes of at least 4 members (excludes halogenated alkanes) is 2. The highest BCUT2D eigenvalue weighted by Crippen LogP contribution is 2.05. The first kappa shape index (κ1) is 30.0. The Morgan fingerprint density at radius 3 is 1.33 bits per heavy atom. The van der Waals surface area contributed by atoms with Crippen molar-refractivity contribution in [2.45, 2.75) is 96.9 Å². The van der Waals surface area contributed by atoms with E-state index in [9.17, 15) is 14.4 Å². The van der Waals surface area contributed by atoms with Gasteiger partial charge in [-0.3, -0.25) is 14.4 Å². The third-order valence-corrected chi connectivity index (χ3v) is 3.05. The van der Waals surface area contributed by atoms with Gasteiger partial charge in [0.2, 0.25) is 0 Å². The van der Waals surface area contributed by atoms with Crippen LogP contribution >= 0.6 is 0 Å². The van der Waals surface area contributed by atoms with E-state index >= 15 is 0 Å². The smallest absolute Gasteiger partial charge is 0.305 e. The molecule has 0 bridgehead atoms. The number of aliphatic carboxylic acids is 3. The summed E-state index contributed by atoms with van der Waals surface area (Å²) >= 11 is 0. The predicted molar refractivity (Wildman–Crippen MR) is 99.5 cm³/mol. The lowest BCUT2D eigenvalue weighted by molar-refractivity contribution is -0.140. The molecule has 0 aromatic rings. The highest BCUT2D eigenvalue weighted by molar-refractivity contribution is 5.67. The van der Waals surface area contributed by atoms with Gasteiger partial charge in [0, 0.05) is 0 Å². The summed E-state index contributed by atoms with van der Waals surface area (Å²) in [7, 11) is 0. The summed E-state index contributed by atoms with van der Waals surface area (Å²) in [5.41, 5.74) is 0. The Labute approximate surface area is 160 Å². The molecule has 9 heteroatoms. The second kappa shape index (κ2) is 20.6. The zero-order valence-electron chi connectivity index (χ0n) is 16.5. The normalized spacial score (nSPS) is 13.1. The third-order valence-electron chi connectivity index (χ3n) is 3.05. The average molecular weight is 396 g/mol. The first-order valence-corrected chi connectivity index (χ1v) is 9.15. The Hall–Kier alpha value is -1.71. The molecule has 0 spiro atoms. The molecule has 0 saturated carbocycles. The van der Waals surface area contributed by atoms with Gasteiger partial charge in [0.15, 0.2) is 0 Å². The maximum atomic E-state index is 10.1. The largest absolute Gasteiger partial charge is 0.481 e. The van der Waals surface area contributed by atoms with Crippen molar-refractivity contribution in [2.75, 3.05) is 0 Å². The second-order valence-corrected chi connectivity index (χ2v) is 6.23. The summed E-state index contributed by atoms with van der Waals surface area (Å²) < 4.78 is 0. The number of aliphatic hydroxyl groups is 3. The molecule has 0 aliphatic carbocycles. The van der Waals surface area contributed by atoms with Gasteiger partial charge in [-0.2, -0.15) is 0 Å². The fraction of sp³-hybridized carbons (Fsp3) is 0.833. The van der Waals surface area contributed by atoms with E-state index in [1.54, 1.807) is 0 Å². The molecule has 0 aliphatic heterocycles. The summed E-state index contributed by atoms with van der Waals surface area (Å²) in [6, 6.07) is 0. The first-order chi connectivity index (χ1) is 12.5. The molecular weight excluding hydrogens is 360 g/mol. The fourth-order valence-corrected chi connectivity index (χ4v) is 1.82. The predicted octanol–water partition coefficient (Wildman–Crippen LogP) is 1.87. The van der Waals surface area contributed by atoms with Crippen LogP contribution in [0.15, 0.2) is 0 Å². The molecule has 0 saturated heterocycles. The minimum Gasteiger partial charge on any atom is -0.481 e. The Bertz CT molecular complexity index is 383. The number of carbonyl (C=O) groups is 3. The van der Waals surface area contributed by atoms with Crippen molar-refractivity contribution in [2.24, 2.45) is 0 Å². The van der Waals surface area contributed by atoms with Crippen molar-refractivity contribution in [3.8, 4) is 0 Å². The van der Waals surface area contributed by atoms with Crippen molar-refractivity contribution >= 4 is 17.9 Å². The quantitative estimate of drug-likeness (QED) is 0.269. The van der Waals surface area contributed by atoms with Crippen LogP contribution in [0.1, 0.15) is 78.6 Å². The molecule has 0 aliphatic rings. The minimum absolute atomic E-state index is 0.121. The number of hydrogen-bond donors (Lipinski definition) is 6. The van der Waals surface area contributed by atoms with Crippen LogP contribution in [-0.4, -0.2) is 66.9 Å². The van der Waals surface area contributed by atoms with Gasteiger partial charge in [0.1, 0.15) is 0 Å². The van der Waals surface area contributed by atoms with E-state index in [0.29, 0.717) is 12.8 Å². The molecule has 0 radical (unpaired) electrons. The Balaban J connectivity index is -0.000000329. The summed E-state index contributed by atoms with van der Waals surface area (Å²) in [5.74, 6) is -2.82. The third kappa shape index (κ3) is 36.1. The number of carboxylic acids is 3. The zero-order valence-corrected chi connectivity index (χ0v) is 16.5. The van der Waals surface area contributed by atoms with E-state index in [1.807, 2.05) is 6.92 Å². The van der Waals surface area contributed by atoms with Crippen molar-refractivity contribution in [1.29, 1.82) is 0 Å². The molecule has 0 rings (SSSR count). The van der Waals surface area contributed by atoms with Gasteiger partial charge in [-0.15, -0.1) is 0 Å². The highest BCUT2D eigenvalue weighted by Gasteiger charge is 2.08. The molecule has 162 valence electrons. The fourth-order valence-electron chi connectivity index (χ4n) is 1.82. The van der Waals surface area contributed by atoms with E-state index in [-0.39, 0.29) is 19.3 Å². The van der Waals surface area contributed by atoms with Gasteiger partial charge in [-0.25, -0.2) is 0 Å². The van der Waals surface area contributed by atoms with Crippen LogP contribution in [0.25, 0.3) is 0 Å². The molecule has 0 amide bonds. The van der Waals surface area contributed by atoms with Crippen LogP contribution in [0.2, 0.25) is 0 Å². The molecule has 6 N–H and O–H groups in total. The van der Waals surface area contributed by atoms with E-state index in [0.717, 1.165) is 25.7 Å². The van der Waals surface area contributed by atoms with Crippen molar-refractivity contribution in [3.05, 3.63) is 0 Å². The van der Waals surface area contributed by atoms with Gasteiger partial charge in [0.25, 0.3) is 0 Å². The number of rotatable bonds is 12. The Morgan fingerprint density at radius 1 is 0.667 bits per heavy atom. The summed E-state index contributed by atoms with van der Waals surface area (Å²) in [5, 5.41) is 50.6. The van der Waals surface area contributed by atoms with Gasteiger partial charge in [-0.05, 0) is 19.8 Å². The van der Waals surface area contributed by atoms with Crippen molar-refractivity contribution in [1.82, 2.24) is 0 Å². The lowest BCUT2D eigenvalue weighted by atomic mass is 10.1. The van der Waals surface area contributed by atoms with Crippen LogP contribution in [0.4, 0.5) is 0 Å². The molecule has 27 heavy (non-hydrogen) atoms. The molecule has 0 aromatic carbocycles. The molecule has 3 atom stereocenters. The number of aliphatic hydroxyl groups excluding tert-OH is 3. The monoisotopic (exact) mass is 396 g/mol. The average Bonchev–Trinajstić information content (AvgIpc) is 2.45. The zero-order chi connectivity index (χ0) is 21.8. The molecule has 0 heterocycles. The number of carboxylic acid groups (broad SMARTS) is 3. The molecule has 9 nitrogen and oxygen atoms in total. The molecule has 3 unspecified atom stereocenters. The maximum absolute atomic E-state index is 10.1. The van der Waals surface area contributed by atoms with Crippen LogP contribution in [0.5, 0.6) is 0 Å². The summed E-state index contributed by atoms with van der Waals surface area (Å²) in [6.45, 7) is 5.42. The summed E-state index contributed by atoms with van der Waals surface area (Å²) in [6.07, 6.45) is 2.64. The topological polar surface area (TPSA) is 173 Å². The lowest BCUT2D eigenvalue weighted by Crippen LogP contribution is -2.12. The van der Waals surface area contributed by atoms with Crippen LogP contribution in [0, 0.1) is 0 Å². The van der Waals surface area contributed by atoms with Gasteiger partial charge in [-0.1, -0.05) is 39.5 Å². The van der Waals surface area contributed by atoms with E-state index in [4.69, 9.17) is 30.6 Å². The molecule has 0 aromatic heterocycles. The van der Waals surface area contributed by atoms with E-state index < -0.39 is 36.2 Å². The SMILES string of the molecule is CC(O)CC(=O)O.CCCC(O)CC(=O)O.CCCCCC(O)CC(=O)O. The first-order valence-electron chi connectivity index (χ1n) is 9.15.